The van der Waals surface area contributed by atoms with Crippen molar-refractivity contribution in [1.82, 2.24) is 9.97 Å². The van der Waals surface area contributed by atoms with Crippen molar-refractivity contribution in [1.29, 1.82) is 10.5 Å². The fourth-order valence-electron chi connectivity index (χ4n) is 1.36. The normalized spacial score (nSPS) is 9.20. The van der Waals surface area contributed by atoms with Crippen LogP contribution in [0.3, 0.4) is 0 Å². The second-order valence-electron chi connectivity index (χ2n) is 2.95. The molecule has 4 heteroatoms. The molecule has 0 atom stereocenters. The van der Waals surface area contributed by atoms with Gasteiger partial charge in [0.25, 0.3) is 0 Å². The summed E-state index contributed by atoms with van der Waals surface area (Å²) < 4.78 is 0. The van der Waals surface area contributed by atoms with Crippen LogP contribution < -0.4 is 0 Å². The summed E-state index contributed by atoms with van der Waals surface area (Å²) in [4.78, 5) is 6.98. The molecule has 0 unspecified atom stereocenters. The van der Waals surface area contributed by atoms with Crippen LogP contribution in [0.25, 0.3) is 17.0 Å². The van der Waals surface area contributed by atoms with Crippen LogP contribution in [0.5, 0.6) is 0 Å². The summed E-state index contributed by atoms with van der Waals surface area (Å²) in [5, 5.41) is 18.2. The van der Waals surface area contributed by atoms with Crippen molar-refractivity contribution >= 4 is 17.0 Å². The van der Waals surface area contributed by atoms with Gasteiger partial charge in [0.05, 0.1) is 11.7 Å². The summed E-state index contributed by atoms with van der Waals surface area (Å²) in [6.07, 6.45) is 6.68. The van der Waals surface area contributed by atoms with Crippen molar-refractivity contribution in [2.24, 2.45) is 0 Å². The average molecular weight is 194 g/mol. The highest BCUT2D eigenvalue weighted by Gasteiger charge is 2.01. The van der Waals surface area contributed by atoms with Gasteiger partial charge < -0.3 is 4.98 Å². The van der Waals surface area contributed by atoms with Gasteiger partial charge in [0, 0.05) is 23.3 Å². The van der Waals surface area contributed by atoms with Gasteiger partial charge in [-0.1, -0.05) is 0 Å². The molecule has 0 aliphatic heterocycles. The molecule has 0 saturated heterocycles. The standard InChI is InChI=1S/C11H6N4/c12-4-8(5-13)3-9-6-15-11-7-14-2-1-10(9)11/h1-3,6-7,15H. The molecule has 2 heterocycles. The molecule has 0 aromatic carbocycles. The molecule has 0 aliphatic carbocycles. The summed E-state index contributed by atoms with van der Waals surface area (Å²) in [7, 11) is 0. The van der Waals surface area contributed by atoms with Gasteiger partial charge in [-0.2, -0.15) is 10.5 Å². The molecule has 0 amide bonds. The van der Waals surface area contributed by atoms with E-state index in [1.54, 1.807) is 24.7 Å². The fourth-order valence-corrected chi connectivity index (χ4v) is 1.36. The number of hydrogen-bond donors (Lipinski definition) is 1. The van der Waals surface area contributed by atoms with Crippen LogP contribution in [0.2, 0.25) is 0 Å². The van der Waals surface area contributed by atoms with Gasteiger partial charge in [0.15, 0.2) is 0 Å². The third kappa shape index (κ3) is 1.56. The van der Waals surface area contributed by atoms with E-state index in [1.807, 2.05) is 18.2 Å². The number of rotatable bonds is 1. The Kier molecular flexibility index (Phi) is 2.19. The number of hydrogen-bond acceptors (Lipinski definition) is 3. The fraction of sp³-hybridized carbons (Fsp3) is 0. The first-order chi connectivity index (χ1) is 7.35. The van der Waals surface area contributed by atoms with Crippen LogP contribution in [0.1, 0.15) is 5.56 Å². The van der Waals surface area contributed by atoms with Crippen molar-refractivity contribution < 1.29 is 0 Å². The van der Waals surface area contributed by atoms with Gasteiger partial charge in [-0.05, 0) is 12.1 Å². The summed E-state index contributed by atoms with van der Waals surface area (Å²) in [5.41, 5.74) is 1.80. The van der Waals surface area contributed by atoms with E-state index in [-0.39, 0.29) is 5.57 Å². The highest BCUT2D eigenvalue weighted by atomic mass is 14.7. The van der Waals surface area contributed by atoms with Crippen molar-refractivity contribution in [3.05, 3.63) is 35.8 Å². The number of fused-ring (bicyclic) bond motifs is 1. The molecule has 15 heavy (non-hydrogen) atoms. The summed E-state index contributed by atoms with van der Waals surface area (Å²) in [6.45, 7) is 0. The average Bonchev–Trinajstić information content (AvgIpc) is 2.69. The molecular formula is C11H6N4. The lowest BCUT2D eigenvalue weighted by Gasteiger charge is -1.89. The lowest BCUT2D eigenvalue weighted by molar-refractivity contribution is 1.34. The number of pyridine rings is 1. The molecule has 0 spiro atoms. The summed E-state index contributed by atoms with van der Waals surface area (Å²) in [5.74, 6) is 0. The Hall–Kier alpha value is -2.59. The van der Waals surface area contributed by atoms with Gasteiger partial charge in [-0.25, -0.2) is 0 Å². The Morgan fingerprint density at radius 2 is 2.20 bits per heavy atom. The minimum Gasteiger partial charge on any atom is -0.359 e. The van der Waals surface area contributed by atoms with Crippen LogP contribution in [0, 0.1) is 22.7 Å². The third-order valence-corrected chi connectivity index (χ3v) is 2.06. The first-order valence-electron chi connectivity index (χ1n) is 4.28. The van der Waals surface area contributed by atoms with Crippen LogP contribution in [0.4, 0.5) is 0 Å². The molecule has 2 aromatic rings. The maximum absolute atomic E-state index is 8.63. The first-order valence-corrected chi connectivity index (χ1v) is 4.28. The first kappa shape index (κ1) is 8.98. The number of H-pyrrole nitrogens is 1. The van der Waals surface area contributed by atoms with Gasteiger partial charge in [0.2, 0.25) is 0 Å². The number of nitriles is 2. The smallest absolute Gasteiger partial charge is 0.130 e. The molecule has 0 fully saturated rings. The van der Waals surface area contributed by atoms with Gasteiger partial charge in [-0.3, -0.25) is 4.98 Å². The molecule has 0 aliphatic rings. The van der Waals surface area contributed by atoms with Crippen molar-refractivity contribution in [3.63, 3.8) is 0 Å². The molecule has 2 rings (SSSR count). The van der Waals surface area contributed by atoms with Crippen LogP contribution in [0.15, 0.2) is 30.2 Å². The van der Waals surface area contributed by atoms with E-state index in [2.05, 4.69) is 9.97 Å². The van der Waals surface area contributed by atoms with E-state index in [9.17, 15) is 0 Å². The number of allylic oxidation sites excluding steroid dienone is 1. The molecule has 2 aromatic heterocycles. The zero-order valence-electron chi connectivity index (χ0n) is 7.73. The largest absolute Gasteiger partial charge is 0.359 e. The Morgan fingerprint density at radius 1 is 1.40 bits per heavy atom. The number of nitrogens with one attached hydrogen (secondary N) is 1. The lowest BCUT2D eigenvalue weighted by Crippen LogP contribution is -1.74. The predicted molar refractivity (Wildman–Crippen MR) is 55.3 cm³/mol. The maximum Gasteiger partial charge on any atom is 0.130 e. The molecule has 70 valence electrons. The molecular weight excluding hydrogens is 188 g/mol. The minimum absolute atomic E-state index is 0.0905. The number of aromatic nitrogens is 2. The zero-order valence-corrected chi connectivity index (χ0v) is 7.73. The minimum atomic E-state index is 0.0905. The van der Waals surface area contributed by atoms with Crippen LogP contribution in [-0.2, 0) is 0 Å². The highest BCUT2D eigenvalue weighted by molar-refractivity contribution is 5.89. The van der Waals surface area contributed by atoms with Crippen LogP contribution in [-0.4, -0.2) is 9.97 Å². The van der Waals surface area contributed by atoms with Crippen LogP contribution >= 0.6 is 0 Å². The van der Waals surface area contributed by atoms with Gasteiger partial charge in [0.1, 0.15) is 17.7 Å². The SMILES string of the molecule is N#CC(C#N)=Cc1c[nH]c2cnccc12. The molecule has 4 nitrogen and oxygen atoms in total. The van der Waals surface area contributed by atoms with Gasteiger partial charge >= 0.3 is 0 Å². The van der Waals surface area contributed by atoms with Gasteiger partial charge in [-0.15, -0.1) is 0 Å². The molecule has 0 radical (unpaired) electrons. The molecule has 0 saturated carbocycles. The number of nitrogens with zero attached hydrogens (tertiary/aromatic N) is 3. The quantitative estimate of drug-likeness (QED) is 0.705. The van der Waals surface area contributed by atoms with E-state index in [0.29, 0.717) is 0 Å². The van der Waals surface area contributed by atoms with Crippen molar-refractivity contribution in [2.75, 3.05) is 0 Å². The Labute approximate surface area is 86.1 Å². The van der Waals surface area contributed by atoms with E-state index < -0.39 is 0 Å². The lowest BCUT2D eigenvalue weighted by atomic mass is 10.1. The number of aromatic amines is 1. The van der Waals surface area contributed by atoms with E-state index in [0.717, 1.165) is 16.5 Å². The Bertz CT molecular complexity index is 591. The topological polar surface area (TPSA) is 76.3 Å². The van der Waals surface area contributed by atoms with E-state index in [4.69, 9.17) is 10.5 Å². The maximum atomic E-state index is 8.63. The Morgan fingerprint density at radius 3 is 2.93 bits per heavy atom. The third-order valence-electron chi connectivity index (χ3n) is 2.06. The Balaban J connectivity index is 2.61. The molecule has 0 bridgehead atoms. The van der Waals surface area contributed by atoms with E-state index in [1.165, 1.54) is 0 Å². The summed E-state index contributed by atoms with van der Waals surface area (Å²) in [6, 6.07) is 5.49. The predicted octanol–water partition coefficient (Wildman–Crippen LogP) is 1.99. The highest BCUT2D eigenvalue weighted by Crippen LogP contribution is 2.18. The molecule has 1 N–H and O–H groups in total. The van der Waals surface area contributed by atoms with Crippen molar-refractivity contribution in [2.45, 2.75) is 0 Å². The zero-order chi connectivity index (χ0) is 10.7. The second-order valence-corrected chi connectivity index (χ2v) is 2.95. The monoisotopic (exact) mass is 194 g/mol. The second kappa shape index (κ2) is 3.65. The van der Waals surface area contributed by atoms with Crippen molar-refractivity contribution in [3.8, 4) is 12.1 Å². The van der Waals surface area contributed by atoms with E-state index >= 15 is 0 Å². The summed E-state index contributed by atoms with van der Waals surface area (Å²) >= 11 is 0.